The fourth-order valence-corrected chi connectivity index (χ4v) is 2.83. The number of ether oxygens (including phenoxy) is 1. The number of halogens is 1. The van der Waals surface area contributed by atoms with Crippen LogP contribution in [0.4, 0.5) is 0 Å². The SMILES string of the molecule is CCc1cccc(-c2cccc(OC3CCNCC3)c2)c1.Cl.O=C=O. The van der Waals surface area contributed by atoms with Crippen molar-refractivity contribution in [3.05, 3.63) is 54.1 Å². The van der Waals surface area contributed by atoms with E-state index in [1.807, 2.05) is 0 Å². The largest absolute Gasteiger partial charge is 0.490 e. The summed E-state index contributed by atoms with van der Waals surface area (Å²) in [5.74, 6) is 0.987. The van der Waals surface area contributed by atoms with Crippen LogP contribution in [0.3, 0.4) is 0 Å². The third kappa shape index (κ3) is 6.71. The lowest BCUT2D eigenvalue weighted by Crippen LogP contribution is -2.34. The number of nitrogens with one attached hydrogen (secondary N) is 1. The van der Waals surface area contributed by atoms with Crippen molar-refractivity contribution >= 4 is 18.6 Å². The standard InChI is InChI=1S/C19H23NO.CO2.ClH/c1-2-15-5-3-6-16(13-15)17-7-4-8-19(14-17)21-18-9-11-20-12-10-18;2-1-3;/h3-8,13-14,18,20H,2,9-12H2,1H3;;1H. The van der Waals surface area contributed by atoms with Gasteiger partial charge in [-0.3, -0.25) is 0 Å². The molecule has 1 fully saturated rings. The first-order valence-corrected chi connectivity index (χ1v) is 8.33. The Bertz CT molecular complexity index is 678. The van der Waals surface area contributed by atoms with Gasteiger partial charge in [0, 0.05) is 0 Å². The summed E-state index contributed by atoms with van der Waals surface area (Å²) < 4.78 is 6.13. The molecule has 0 atom stereocenters. The summed E-state index contributed by atoms with van der Waals surface area (Å²) in [6.45, 7) is 4.31. The van der Waals surface area contributed by atoms with Gasteiger partial charge in [-0.05, 0) is 61.2 Å². The Morgan fingerprint density at radius 2 is 1.64 bits per heavy atom. The minimum atomic E-state index is 0. The molecule has 1 aliphatic rings. The van der Waals surface area contributed by atoms with Gasteiger partial charge in [-0.25, -0.2) is 0 Å². The van der Waals surface area contributed by atoms with Crippen LogP contribution >= 0.6 is 12.4 Å². The molecule has 1 N–H and O–H groups in total. The Hall–Kier alpha value is -2.13. The number of hydrogen-bond donors (Lipinski definition) is 1. The van der Waals surface area contributed by atoms with Gasteiger partial charge in [0.05, 0.1) is 0 Å². The first-order chi connectivity index (χ1) is 11.8. The van der Waals surface area contributed by atoms with Crippen molar-refractivity contribution in [1.82, 2.24) is 5.32 Å². The monoisotopic (exact) mass is 361 g/mol. The van der Waals surface area contributed by atoms with Gasteiger partial charge in [-0.15, -0.1) is 12.4 Å². The maximum absolute atomic E-state index is 8.12. The highest BCUT2D eigenvalue weighted by Crippen LogP contribution is 2.26. The van der Waals surface area contributed by atoms with Gasteiger partial charge in [-0.1, -0.05) is 43.3 Å². The van der Waals surface area contributed by atoms with Crippen molar-refractivity contribution < 1.29 is 14.3 Å². The second-order valence-electron chi connectivity index (χ2n) is 5.73. The third-order valence-electron chi connectivity index (χ3n) is 4.09. The van der Waals surface area contributed by atoms with Gasteiger partial charge < -0.3 is 10.1 Å². The van der Waals surface area contributed by atoms with Crippen LogP contribution in [-0.4, -0.2) is 25.3 Å². The fourth-order valence-electron chi connectivity index (χ4n) is 2.83. The van der Waals surface area contributed by atoms with Crippen molar-refractivity contribution in [2.24, 2.45) is 0 Å². The molecule has 2 aromatic carbocycles. The van der Waals surface area contributed by atoms with Crippen LogP contribution in [0.2, 0.25) is 0 Å². The second kappa shape index (κ2) is 11.4. The van der Waals surface area contributed by atoms with Crippen molar-refractivity contribution in [3.8, 4) is 16.9 Å². The molecule has 0 aliphatic carbocycles. The van der Waals surface area contributed by atoms with Gasteiger partial charge in [0.1, 0.15) is 11.9 Å². The van der Waals surface area contributed by atoms with E-state index in [2.05, 4.69) is 60.8 Å². The van der Waals surface area contributed by atoms with Crippen molar-refractivity contribution in [1.29, 1.82) is 0 Å². The zero-order chi connectivity index (χ0) is 17.2. The molecule has 0 spiro atoms. The molecular weight excluding hydrogens is 338 g/mol. The first kappa shape index (κ1) is 20.9. The molecule has 0 aromatic heterocycles. The molecule has 0 saturated carbocycles. The van der Waals surface area contributed by atoms with E-state index >= 15 is 0 Å². The minimum absolute atomic E-state index is 0. The average molecular weight is 362 g/mol. The van der Waals surface area contributed by atoms with E-state index in [1.165, 1.54) is 16.7 Å². The maximum atomic E-state index is 8.12. The number of hydrogen-bond acceptors (Lipinski definition) is 4. The molecule has 4 nitrogen and oxygen atoms in total. The summed E-state index contributed by atoms with van der Waals surface area (Å²) in [5.41, 5.74) is 3.87. The van der Waals surface area contributed by atoms with Crippen molar-refractivity contribution in [3.63, 3.8) is 0 Å². The Balaban J connectivity index is 0.000000730. The topological polar surface area (TPSA) is 55.4 Å². The summed E-state index contributed by atoms with van der Waals surface area (Å²) in [6, 6.07) is 17.2. The predicted molar refractivity (Wildman–Crippen MR) is 100 cm³/mol. The Kier molecular flexibility index (Phi) is 9.56. The molecule has 3 rings (SSSR count). The van der Waals surface area contributed by atoms with E-state index in [0.717, 1.165) is 38.1 Å². The summed E-state index contributed by atoms with van der Waals surface area (Å²) in [6.07, 6.45) is 3.85. The summed E-state index contributed by atoms with van der Waals surface area (Å²) in [4.78, 5) is 16.2. The lowest BCUT2D eigenvalue weighted by molar-refractivity contribution is -0.191. The third-order valence-corrected chi connectivity index (χ3v) is 4.09. The molecule has 1 aliphatic heterocycles. The number of aryl methyl sites for hydroxylation is 1. The van der Waals surface area contributed by atoms with E-state index in [9.17, 15) is 0 Å². The smallest absolute Gasteiger partial charge is 0.373 e. The van der Waals surface area contributed by atoms with Crippen LogP contribution in [0, 0.1) is 0 Å². The van der Waals surface area contributed by atoms with Gasteiger partial charge >= 0.3 is 6.15 Å². The molecule has 1 saturated heterocycles. The molecule has 0 unspecified atom stereocenters. The maximum Gasteiger partial charge on any atom is 0.373 e. The zero-order valence-electron chi connectivity index (χ0n) is 14.4. The molecule has 2 aromatic rings. The highest BCUT2D eigenvalue weighted by atomic mass is 35.5. The van der Waals surface area contributed by atoms with Crippen LogP contribution in [-0.2, 0) is 16.0 Å². The van der Waals surface area contributed by atoms with E-state index in [4.69, 9.17) is 14.3 Å². The van der Waals surface area contributed by atoms with Crippen molar-refractivity contribution in [2.75, 3.05) is 13.1 Å². The van der Waals surface area contributed by atoms with Crippen LogP contribution in [0.5, 0.6) is 5.75 Å². The Morgan fingerprint density at radius 1 is 1.04 bits per heavy atom. The van der Waals surface area contributed by atoms with E-state index < -0.39 is 0 Å². The number of rotatable bonds is 4. The molecule has 0 bridgehead atoms. The van der Waals surface area contributed by atoms with Crippen LogP contribution < -0.4 is 10.1 Å². The van der Waals surface area contributed by atoms with Crippen LogP contribution in [0.15, 0.2) is 48.5 Å². The van der Waals surface area contributed by atoms with Gasteiger partial charge in [0.25, 0.3) is 0 Å². The summed E-state index contributed by atoms with van der Waals surface area (Å²) in [7, 11) is 0. The summed E-state index contributed by atoms with van der Waals surface area (Å²) in [5, 5.41) is 3.37. The fraction of sp³-hybridized carbons (Fsp3) is 0.350. The van der Waals surface area contributed by atoms with E-state index in [0.29, 0.717) is 6.10 Å². The van der Waals surface area contributed by atoms with Gasteiger partial charge in [0.15, 0.2) is 0 Å². The van der Waals surface area contributed by atoms with Crippen molar-refractivity contribution in [2.45, 2.75) is 32.3 Å². The molecule has 5 heteroatoms. The van der Waals surface area contributed by atoms with Gasteiger partial charge in [0.2, 0.25) is 0 Å². The Labute approximate surface area is 155 Å². The molecular formula is C20H24ClNO3. The van der Waals surface area contributed by atoms with Crippen LogP contribution in [0.25, 0.3) is 11.1 Å². The predicted octanol–water partition coefficient (Wildman–Crippen LogP) is 3.89. The average Bonchev–Trinajstić information content (AvgIpc) is 2.63. The normalized spacial score (nSPS) is 13.6. The lowest BCUT2D eigenvalue weighted by atomic mass is 10.0. The lowest BCUT2D eigenvalue weighted by Gasteiger charge is -2.24. The molecule has 0 amide bonds. The summed E-state index contributed by atoms with van der Waals surface area (Å²) >= 11 is 0. The van der Waals surface area contributed by atoms with Crippen LogP contribution in [0.1, 0.15) is 25.3 Å². The minimum Gasteiger partial charge on any atom is -0.490 e. The number of benzene rings is 2. The molecule has 25 heavy (non-hydrogen) atoms. The first-order valence-electron chi connectivity index (χ1n) is 8.33. The zero-order valence-corrected chi connectivity index (χ0v) is 15.2. The molecule has 0 radical (unpaired) electrons. The number of carbonyl (C=O) groups excluding carboxylic acids is 2. The quantitative estimate of drug-likeness (QED) is 0.897. The molecule has 134 valence electrons. The van der Waals surface area contributed by atoms with E-state index in [-0.39, 0.29) is 18.6 Å². The second-order valence-corrected chi connectivity index (χ2v) is 5.73. The highest BCUT2D eigenvalue weighted by molar-refractivity contribution is 5.85. The Morgan fingerprint density at radius 3 is 2.28 bits per heavy atom. The van der Waals surface area contributed by atoms with Gasteiger partial charge in [-0.2, -0.15) is 9.59 Å². The number of piperidine rings is 1. The highest BCUT2D eigenvalue weighted by Gasteiger charge is 2.14. The van der Waals surface area contributed by atoms with E-state index in [1.54, 1.807) is 0 Å². The molecule has 1 heterocycles.